The molecule has 0 bridgehead atoms. The van der Waals surface area contributed by atoms with Crippen LogP contribution in [0.4, 0.5) is 5.82 Å². The molecule has 0 N–H and O–H groups in total. The highest BCUT2D eigenvalue weighted by molar-refractivity contribution is 6.15. The van der Waals surface area contributed by atoms with Crippen LogP contribution in [-0.2, 0) is 11.3 Å². The Morgan fingerprint density at radius 3 is 2.84 bits per heavy atom. The first-order valence-corrected chi connectivity index (χ1v) is 7.99. The van der Waals surface area contributed by atoms with Crippen molar-refractivity contribution in [3.8, 4) is 5.75 Å². The number of hydrogen-bond acceptors (Lipinski definition) is 5. The fraction of sp³-hybridized carbons (Fsp3) is 0.400. The molecular formula is C20H23N3O2. The average molecular weight is 345 g/mol. The number of pyridine rings is 1. The van der Waals surface area contributed by atoms with Crippen molar-refractivity contribution in [3.05, 3.63) is 53.2 Å². The van der Waals surface area contributed by atoms with Gasteiger partial charge in [-0.2, -0.15) is 0 Å². The predicted octanol–water partition coefficient (Wildman–Crippen LogP) is 3.06. The Morgan fingerprint density at radius 2 is 2.04 bits per heavy atom. The number of anilines is 1. The molecule has 1 saturated heterocycles. The molecule has 25 heavy (non-hydrogen) atoms. The molecule has 0 saturated carbocycles. The molecule has 2 aliphatic heterocycles. The maximum atomic E-state index is 8.25. The number of aliphatic imine (C=N–C) groups is 1. The van der Waals surface area contributed by atoms with Crippen LogP contribution < -0.4 is 9.64 Å². The van der Waals surface area contributed by atoms with Gasteiger partial charge < -0.3 is 14.4 Å². The van der Waals surface area contributed by atoms with Crippen LogP contribution in [0.15, 0.2) is 41.5 Å². The normalized spacial score (nSPS) is 29.6. The molecule has 4 rings (SSSR count). The van der Waals surface area contributed by atoms with E-state index in [-0.39, 0.29) is 11.9 Å². The Morgan fingerprint density at radius 1 is 1.20 bits per heavy atom. The summed E-state index contributed by atoms with van der Waals surface area (Å²) < 4.78 is 74.9. The van der Waals surface area contributed by atoms with Gasteiger partial charge in [-0.05, 0) is 43.7 Å². The van der Waals surface area contributed by atoms with Crippen molar-refractivity contribution >= 4 is 11.5 Å². The van der Waals surface area contributed by atoms with Gasteiger partial charge in [0.05, 0.1) is 42.4 Å². The number of hydrogen-bond donors (Lipinski definition) is 0. The molecule has 130 valence electrons. The Hall–Kier alpha value is -2.40. The number of ether oxygens (including phenoxy) is 2. The van der Waals surface area contributed by atoms with Gasteiger partial charge in [-0.3, -0.25) is 4.99 Å². The largest absolute Gasteiger partial charge is 0.491 e. The maximum Gasteiger partial charge on any atom is 0.129 e. The minimum atomic E-state index is -3.15. The molecule has 5 nitrogen and oxygen atoms in total. The molecule has 1 fully saturated rings. The molecule has 0 aliphatic carbocycles. The zero-order chi connectivity index (χ0) is 24.4. The highest BCUT2D eigenvalue weighted by Gasteiger charge is 2.20. The second-order valence-corrected chi connectivity index (χ2v) is 5.92. The molecule has 3 heterocycles. The number of benzene rings is 1. The van der Waals surface area contributed by atoms with Gasteiger partial charge >= 0.3 is 0 Å². The van der Waals surface area contributed by atoms with Crippen molar-refractivity contribution in [3.63, 3.8) is 0 Å². The maximum absolute atomic E-state index is 8.25. The third kappa shape index (κ3) is 3.37. The van der Waals surface area contributed by atoms with E-state index in [4.69, 9.17) is 15.7 Å². The zero-order valence-corrected chi connectivity index (χ0v) is 13.9. The summed E-state index contributed by atoms with van der Waals surface area (Å²) in [5.41, 5.74) is 2.84. The van der Waals surface area contributed by atoms with E-state index < -0.39 is 26.1 Å². The fourth-order valence-electron chi connectivity index (χ4n) is 2.75. The lowest BCUT2D eigenvalue weighted by atomic mass is 10.0. The van der Waals surface area contributed by atoms with Crippen LogP contribution >= 0.6 is 0 Å². The second kappa shape index (κ2) is 6.84. The van der Waals surface area contributed by atoms with Gasteiger partial charge in [0.2, 0.25) is 0 Å². The van der Waals surface area contributed by atoms with Gasteiger partial charge in [0.25, 0.3) is 0 Å². The molecule has 0 spiro atoms. The molecule has 2 aromatic rings. The van der Waals surface area contributed by atoms with Crippen LogP contribution in [0.5, 0.6) is 5.75 Å². The summed E-state index contributed by atoms with van der Waals surface area (Å²) in [6.45, 7) is -8.18. The smallest absolute Gasteiger partial charge is 0.129 e. The van der Waals surface area contributed by atoms with E-state index in [1.165, 1.54) is 12.3 Å². The van der Waals surface area contributed by atoms with Crippen molar-refractivity contribution < 1.29 is 20.4 Å². The van der Waals surface area contributed by atoms with Gasteiger partial charge in [-0.15, -0.1) is 0 Å². The lowest BCUT2D eigenvalue weighted by Crippen LogP contribution is -2.36. The highest BCUT2D eigenvalue weighted by Crippen LogP contribution is 2.28. The first-order chi connectivity index (χ1) is 15.2. The van der Waals surface area contributed by atoms with Gasteiger partial charge in [0.15, 0.2) is 0 Å². The number of aromatic nitrogens is 1. The highest BCUT2D eigenvalue weighted by atomic mass is 16.5. The molecule has 5 heteroatoms. The topological polar surface area (TPSA) is 47.0 Å². The second-order valence-electron chi connectivity index (χ2n) is 5.92. The SMILES string of the molecule is [2H]C1([2H])OC([2H])([2H])C([2H])([2H])N(c2cc(C3=NCc4ccc(OC(C)C)cc43)ccn2)C1([2H])[2H]. The van der Waals surface area contributed by atoms with Gasteiger partial charge in [0.1, 0.15) is 11.6 Å². The number of morpholine rings is 1. The van der Waals surface area contributed by atoms with Gasteiger partial charge in [-0.1, -0.05) is 6.07 Å². The van der Waals surface area contributed by atoms with Crippen molar-refractivity contribution in [1.82, 2.24) is 4.98 Å². The van der Waals surface area contributed by atoms with E-state index >= 15 is 0 Å². The summed E-state index contributed by atoms with van der Waals surface area (Å²) in [5.74, 6) is 0.374. The average Bonchev–Trinajstić information content (AvgIpc) is 3.09. The molecular weight excluding hydrogens is 314 g/mol. The molecule has 0 unspecified atom stereocenters. The van der Waals surface area contributed by atoms with Crippen LogP contribution in [0.25, 0.3) is 0 Å². The minimum absolute atomic E-state index is 0.0202. The van der Waals surface area contributed by atoms with Crippen LogP contribution in [0.1, 0.15) is 41.5 Å². The summed E-state index contributed by atoms with van der Waals surface area (Å²) in [6, 6.07) is 8.62. The molecule has 0 amide bonds. The van der Waals surface area contributed by atoms with Crippen molar-refractivity contribution in [1.29, 1.82) is 0 Å². The molecule has 1 aromatic heterocycles. The first kappa shape index (κ1) is 9.34. The standard InChI is InChI=1S/C20H23N3O2/c1-14(2)25-17-4-3-16-13-22-20(18(16)12-17)15-5-6-21-19(11-15)23-7-9-24-10-8-23/h3-6,11-12,14H,7-10,13H2,1-2H3/i7D2,8D2,9D2,10D2. The van der Waals surface area contributed by atoms with E-state index in [1.54, 1.807) is 6.07 Å². The first-order valence-electron chi connectivity index (χ1n) is 12.0. The third-order valence-corrected chi connectivity index (χ3v) is 3.78. The molecule has 0 radical (unpaired) electrons. The summed E-state index contributed by atoms with van der Waals surface area (Å²) in [4.78, 5) is 8.97. The van der Waals surface area contributed by atoms with Gasteiger partial charge in [0, 0.05) is 30.3 Å². The Kier molecular flexibility index (Phi) is 2.56. The quantitative estimate of drug-likeness (QED) is 0.854. The summed E-state index contributed by atoms with van der Waals surface area (Å²) in [7, 11) is 0. The third-order valence-electron chi connectivity index (χ3n) is 3.78. The summed E-state index contributed by atoms with van der Waals surface area (Å²) in [5, 5.41) is 0. The lowest BCUT2D eigenvalue weighted by Gasteiger charge is -2.28. The fourth-order valence-corrected chi connectivity index (χ4v) is 2.75. The summed E-state index contributed by atoms with van der Waals surface area (Å²) >= 11 is 0. The van der Waals surface area contributed by atoms with Gasteiger partial charge in [-0.25, -0.2) is 4.98 Å². The Balaban J connectivity index is 1.79. The van der Waals surface area contributed by atoms with E-state index in [1.807, 2.05) is 32.0 Å². The molecule has 0 atom stereocenters. The lowest BCUT2D eigenvalue weighted by molar-refractivity contribution is 0.122. The molecule has 1 aromatic carbocycles. The van der Waals surface area contributed by atoms with Crippen LogP contribution in [0.3, 0.4) is 0 Å². The van der Waals surface area contributed by atoms with Crippen molar-refractivity contribution in [2.45, 2.75) is 26.5 Å². The number of fused-ring (bicyclic) bond motifs is 1. The van der Waals surface area contributed by atoms with E-state index in [0.717, 1.165) is 11.1 Å². The predicted molar refractivity (Wildman–Crippen MR) is 98.8 cm³/mol. The Labute approximate surface area is 159 Å². The van der Waals surface area contributed by atoms with Crippen molar-refractivity contribution in [2.75, 3.05) is 31.0 Å². The van der Waals surface area contributed by atoms with Crippen LogP contribution in [-0.4, -0.2) is 42.9 Å². The Bertz CT molecular complexity index is 1090. The monoisotopic (exact) mass is 345 g/mol. The van der Waals surface area contributed by atoms with Crippen LogP contribution in [0, 0.1) is 0 Å². The van der Waals surface area contributed by atoms with Crippen LogP contribution in [0.2, 0.25) is 0 Å². The summed E-state index contributed by atoms with van der Waals surface area (Å²) in [6.07, 6.45) is 1.31. The van der Waals surface area contributed by atoms with E-state index in [2.05, 4.69) is 14.7 Å². The number of rotatable bonds is 4. The number of nitrogens with zero attached hydrogens (tertiary/aromatic N) is 3. The minimum Gasteiger partial charge on any atom is -0.491 e. The zero-order valence-electron chi connectivity index (χ0n) is 21.9. The molecule has 2 aliphatic rings. The van der Waals surface area contributed by atoms with E-state index in [0.29, 0.717) is 28.5 Å². The van der Waals surface area contributed by atoms with E-state index in [9.17, 15) is 0 Å². The van der Waals surface area contributed by atoms with Crippen molar-refractivity contribution in [2.24, 2.45) is 4.99 Å².